The molecule has 0 aliphatic carbocycles. The van der Waals surface area contributed by atoms with Gasteiger partial charge >= 0.3 is 0 Å². The van der Waals surface area contributed by atoms with Crippen molar-refractivity contribution >= 4 is 0 Å². The number of aliphatic hydroxyl groups is 1. The van der Waals surface area contributed by atoms with E-state index in [1.807, 2.05) is 30.3 Å². The molecule has 0 spiro atoms. The topological polar surface area (TPSA) is 44.0 Å². The van der Waals surface area contributed by atoms with Gasteiger partial charge in [0, 0.05) is 0 Å². The SMILES string of the molecule is C[C@@](O)(c1ccccc1)c1ccc(C#N)cc1. The molecule has 2 heteroatoms. The van der Waals surface area contributed by atoms with Crippen molar-refractivity contribution < 1.29 is 5.11 Å². The van der Waals surface area contributed by atoms with E-state index in [1.54, 1.807) is 31.2 Å². The molecule has 0 aliphatic heterocycles. The second-order valence-corrected chi connectivity index (χ2v) is 4.13. The van der Waals surface area contributed by atoms with Gasteiger partial charge in [0.2, 0.25) is 0 Å². The second kappa shape index (κ2) is 4.40. The van der Waals surface area contributed by atoms with Crippen LogP contribution in [-0.4, -0.2) is 5.11 Å². The zero-order valence-corrected chi connectivity index (χ0v) is 9.59. The lowest BCUT2D eigenvalue weighted by Crippen LogP contribution is -2.22. The summed E-state index contributed by atoms with van der Waals surface area (Å²) in [6.45, 7) is 1.75. The second-order valence-electron chi connectivity index (χ2n) is 4.13. The average molecular weight is 223 g/mol. The third kappa shape index (κ3) is 2.20. The molecule has 0 bridgehead atoms. The highest BCUT2D eigenvalue weighted by Gasteiger charge is 2.24. The molecule has 2 nitrogen and oxygen atoms in total. The van der Waals surface area contributed by atoms with Crippen LogP contribution in [0.3, 0.4) is 0 Å². The van der Waals surface area contributed by atoms with E-state index in [0.29, 0.717) is 5.56 Å². The van der Waals surface area contributed by atoms with Crippen molar-refractivity contribution in [2.24, 2.45) is 0 Å². The van der Waals surface area contributed by atoms with E-state index in [4.69, 9.17) is 5.26 Å². The molecule has 1 N–H and O–H groups in total. The van der Waals surface area contributed by atoms with E-state index in [0.717, 1.165) is 11.1 Å². The Morgan fingerprint density at radius 2 is 1.47 bits per heavy atom. The summed E-state index contributed by atoms with van der Waals surface area (Å²) in [6.07, 6.45) is 0. The van der Waals surface area contributed by atoms with Gasteiger partial charge in [0.15, 0.2) is 0 Å². The standard InChI is InChI=1S/C15H13NO/c1-15(17,13-5-3-2-4-6-13)14-9-7-12(11-16)8-10-14/h2-10,17H,1H3/t15-/m1/s1. The van der Waals surface area contributed by atoms with Gasteiger partial charge in [-0.3, -0.25) is 0 Å². The van der Waals surface area contributed by atoms with Crippen LogP contribution in [0.25, 0.3) is 0 Å². The van der Waals surface area contributed by atoms with Crippen molar-refractivity contribution in [1.29, 1.82) is 5.26 Å². The first-order chi connectivity index (χ1) is 8.14. The summed E-state index contributed by atoms with van der Waals surface area (Å²) in [5, 5.41) is 19.3. The molecule has 0 unspecified atom stereocenters. The summed E-state index contributed by atoms with van der Waals surface area (Å²) in [5.74, 6) is 0. The minimum absolute atomic E-state index is 0.595. The molecule has 0 heterocycles. The number of hydrogen-bond donors (Lipinski definition) is 1. The molecule has 0 saturated carbocycles. The fraction of sp³-hybridized carbons (Fsp3) is 0.133. The van der Waals surface area contributed by atoms with E-state index < -0.39 is 5.60 Å². The van der Waals surface area contributed by atoms with E-state index in [1.165, 1.54) is 0 Å². The van der Waals surface area contributed by atoms with Crippen molar-refractivity contribution in [3.05, 3.63) is 71.3 Å². The number of rotatable bonds is 2. The number of hydrogen-bond acceptors (Lipinski definition) is 2. The molecule has 2 aromatic carbocycles. The van der Waals surface area contributed by atoms with Crippen LogP contribution >= 0.6 is 0 Å². The lowest BCUT2D eigenvalue weighted by Gasteiger charge is -2.24. The Hall–Kier alpha value is -2.11. The van der Waals surface area contributed by atoms with Gasteiger partial charge in [0.25, 0.3) is 0 Å². The van der Waals surface area contributed by atoms with E-state index in [2.05, 4.69) is 6.07 Å². The molecule has 0 saturated heterocycles. The van der Waals surface area contributed by atoms with Crippen LogP contribution in [0.5, 0.6) is 0 Å². The van der Waals surface area contributed by atoms with Crippen molar-refractivity contribution in [1.82, 2.24) is 0 Å². The molecule has 17 heavy (non-hydrogen) atoms. The van der Waals surface area contributed by atoms with Crippen molar-refractivity contribution in [3.8, 4) is 6.07 Å². The van der Waals surface area contributed by atoms with Gasteiger partial charge < -0.3 is 5.11 Å². The van der Waals surface area contributed by atoms with E-state index in [9.17, 15) is 5.11 Å². The van der Waals surface area contributed by atoms with Crippen LogP contribution < -0.4 is 0 Å². The Kier molecular flexibility index (Phi) is 2.95. The maximum absolute atomic E-state index is 10.5. The summed E-state index contributed by atoms with van der Waals surface area (Å²) < 4.78 is 0. The lowest BCUT2D eigenvalue weighted by molar-refractivity contribution is 0.102. The van der Waals surface area contributed by atoms with E-state index in [-0.39, 0.29) is 0 Å². The summed E-state index contributed by atoms with van der Waals surface area (Å²) in [5.41, 5.74) is 1.18. The van der Waals surface area contributed by atoms with Crippen LogP contribution in [0.4, 0.5) is 0 Å². The maximum Gasteiger partial charge on any atom is 0.112 e. The summed E-state index contributed by atoms with van der Waals surface area (Å²) in [7, 11) is 0. The van der Waals surface area contributed by atoms with Gasteiger partial charge in [-0.1, -0.05) is 42.5 Å². The first kappa shape index (κ1) is 11.4. The molecule has 0 amide bonds. The highest BCUT2D eigenvalue weighted by atomic mass is 16.3. The summed E-state index contributed by atoms with van der Waals surface area (Å²) in [6, 6.07) is 18.5. The molecule has 0 aromatic heterocycles. The van der Waals surface area contributed by atoms with Gasteiger partial charge in [-0.2, -0.15) is 5.26 Å². The lowest BCUT2D eigenvalue weighted by atomic mass is 9.88. The van der Waals surface area contributed by atoms with Crippen molar-refractivity contribution in [2.75, 3.05) is 0 Å². The first-order valence-electron chi connectivity index (χ1n) is 5.43. The monoisotopic (exact) mass is 223 g/mol. The average Bonchev–Trinajstić information content (AvgIpc) is 2.40. The summed E-state index contributed by atoms with van der Waals surface area (Å²) in [4.78, 5) is 0. The van der Waals surface area contributed by atoms with Crippen LogP contribution in [0.2, 0.25) is 0 Å². The quantitative estimate of drug-likeness (QED) is 0.850. The number of nitrogens with zero attached hydrogens (tertiary/aromatic N) is 1. The van der Waals surface area contributed by atoms with Crippen LogP contribution in [0.15, 0.2) is 54.6 Å². The first-order valence-corrected chi connectivity index (χ1v) is 5.43. The Morgan fingerprint density at radius 3 is 2.00 bits per heavy atom. The smallest absolute Gasteiger partial charge is 0.112 e. The van der Waals surface area contributed by atoms with Crippen LogP contribution in [-0.2, 0) is 5.60 Å². The predicted molar refractivity (Wildman–Crippen MR) is 66.3 cm³/mol. The third-order valence-electron chi connectivity index (χ3n) is 2.91. The Balaban J connectivity index is 2.41. The van der Waals surface area contributed by atoms with E-state index >= 15 is 0 Å². The molecular formula is C15H13NO. The van der Waals surface area contributed by atoms with Crippen molar-refractivity contribution in [3.63, 3.8) is 0 Å². The number of benzene rings is 2. The van der Waals surface area contributed by atoms with Crippen molar-refractivity contribution in [2.45, 2.75) is 12.5 Å². The molecule has 0 radical (unpaired) electrons. The van der Waals surface area contributed by atoms with Crippen LogP contribution in [0, 0.1) is 11.3 Å². The van der Waals surface area contributed by atoms with Gasteiger partial charge in [-0.15, -0.1) is 0 Å². The fourth-order valence-electron chi connectivity index (χ4n) is 1.80. The Bertz CT molecular complexity index is 535. The van der Waals surface area contributed by atoms with Gasteiger partial charge in [-0.25, -0.2) is 0 Å². The highest BCUT2D eigenvalue weighted by Crippen LogP contribution is 2.28. The van der Waals surface area contributed by atoms with Gasteiger partial charge in [-0.05, 0) is 30.2 Å². The minimum atomic E-state index is -1.03. The Labute approximate surface area is 101 Å². The number of nitriles is 1. The maximum atomic E-state index is 10.5. The molecular weight excluding hydrogens is 210 g/mol. The summed E-state index contributed by atoms with van der Waals surface area (Å²) >= 11 is 0. The third-order valence-corrected chi connectivity index (χ3v) is 2.91. The molecule has 0 aliphatic rings. The normalized spacial score (nSPS) is 13.7. The molecule has 0 fully saturated rings. The molecule has 2 rings (SSSR count). The van der Waals surface area contributed by atoms with Gasteiger partial charge in [0.05, 0.1) is 11.6 Å². The largest absolute Gasteiger partial charge is 0.381 e. The zero-order chi connectivity index (χ0) is 12.3. The molecule has 84 valence electrons. The fourth-order valence-corrected chi connectivity index (χ4v) is 1.80. The molecule has 1 atom stereocenters. The van der Waals surface area contributed by atoms with Gasteiger partial charge in [0.1, 0.15) is 5.60 Å². The predicted octanol–water partition coefficient (Wildman–Crippen LogP) is 2.81. The molecule has 2 aromatic rings. The highest BCUT2D eigenvalue weighted by molar-refractivity contribution is 5.39. The van der Waals surface area contributed by atoms with Crippen LogP contribution in [0.1, 0.15) is 23.6 Å². The zero-order valence-electron chi connectivity index (χ0n) is 9.59. The minimum Gasteiger partial charge on any atom is -0.381 e. The Morgan fingerprint density at radius 1 is 0.941 bits per heavy atom.